The normalized spacial score (nSPS) is 14.6. The van der Waals surface area contributed by atoms with E-state index in [1.165, 1.54) is 11.1 Å². The van der Waals surface area contributed by atoms with Gasteiger partial charge in [-0.25, -0.2) is 0 Å². The summed E-state index contributed by atoms with van der Waals surface area (Å²) < 4.78 is 6.47. The molecule has 0 saturated heterocycles. The number of aliphatic hydroxyl groups is 1. The highest BCUT2D eigenvalue weighted by Crippen LogP contribution is 2.38. The first kappa shape index (κ1) is 21.4. The molecule has 1 atom stereocenters. The smallest absolute Gasteiger partial charge is 0.192 e. The van der Waals surface area contributed by atoms with Gasteiger partial charge in [-0.3, -0.25) is 0 Å². The molecule has 0 bridgehead atoms. The predicted octanol–water partition coefficient (Wildman–Crippen LogP) is 5.62. The molecule has 1 N–H and O–H groups in total. The number of hydrogen-bond donors (Lipinski definition) is 1. The molecular weight excluding hydrogens is 288 g/mol. The molecule has 0 aromatic rings. The number of aliphatic hydroxyl groups excluding tert-OH is 1. The van der Waals surface area contributed by atoms with Gasteiger partial charge < -0.3 is 9.53 Å². The molecule has 0 aromatic carbocycles. The van der Waals surface area contributed by atoms with Crippen molar-refractivity contribution in [2.75, 3.05) is 6.61 Å². The fourth-order valence-corrected chi connectivity index (χ4v) is 3.12. The molecule has 0 aliphatic carbocycles. The number of rotatable bonds is 9. The van der Waals surface area contributed by atoms with Crippen LogP contribution in [-0.2, 0) is 4.43 Å². The minimum Gasteiger partial charge on any atom is -0.410 e. The molecule has 0 spiro atoms. The summed E-state index contributed by atoms with van der Waals surface area (Å²) in [5, 5.41) is 9.29. The van der Waals surface area contributed by atoms with Gasteiger partial charge in [0, 0.05) is 6.61 Å². The topological polar surface area (TPSA) is 29.5 Å². The van der Waals surface area contributed by atoms with E-state index in [1.54, 1.807) is 0 Å². The molecule has 22 heavy (non-hydrogen) atoms. The molecule has 0 aliphatic rings. The molecule has 0 fully saturated rings. The van der Waals surface area contributed by atoms with Gasteiger partial charge in [-0.1, -0.05) is 50.1 Å². The maximum atomic E-state index is 9.09. The monoisotopic (exact) mass is 324 g/mol. The van der Waals surface area contributed by atoms with Crippen LogP contribution in [0, 0.1) is 0 Å². The van der Waals surface area contributed by atoms with Crippen LogP contribution < -0.4 is 0 Å². The molecule has 128 valence electrons. The predicted molar refractivity (Wildman–Crippen MR) is 101 cm³/mol. The van der Waals surface area contributed by atoms with Crippen molar-refractivity contribution in [3.05, 3.63) is 36.0 Å². The Morgan fingerprint density at radius 2 is 1.82 bits per heavy atom. The lowest BCUT2D eigenvalue weighted by Gasteiger charge is -2.38. The Labute approximate surface area is 139 Å². The van der Waals surface area contributed by atoms with Crippen LogP contribution in [0.1, 0.15) is 53.9 Å². The molecule has 0 aliphatic heterocycles. The largest absolute Gasteiger partial charge is 0.410 e. The lowest BCUT2D eigenvalue weighted by Crippen LogP contribution is -2.43. The van der Waals surface area contributed by atoms with Crippen molar-refractivity contribution in [3.63, 3.8) is 0 Å². The van der Waals surface area contributed by atoms with E-state index in [2.05, 4.69) is 66.4 Å². The number of hydrogen-bond acceptors (Lipinski definition) is 2. The second kappa shape index (κ2) is 9.49. The molecule has 0 rings (SSSR count). The standard InChI is InChI=1S/C19H36O2Si/c1-9-18(21-22(7,8)19(4,5)6)15-17(11-10-14-20)13-12-16(2)3/h9,12-13,18,20H,1,10-11,14-15H2,2-8H3/b17-13+. The van der Waals surface area contributed by atoms with Crippen LogP contribution in [0.15, 0.2) is 36.0 Å². The first-order valence-corrected chi connectivity index (χ1v) is 11.2. The molecular formula is C19H36O2Si. The van der Waals surface area contributed by atoms with Crippen LogP contribution in [0.5, 0.6) is 0 Å². The van der Waals surface area contributed by atoms with Gasteiger partial charge in [0.1, 0.15) is 0 Å². The quantitative estimate of drug-likeness (QED) is 0.339. The maximum absolute atomic E-state index is 9.09. The zero-order valence-electron chi connectivity index (χ0n) is 15.7. The van der Waals surface area contributed by atoms with E-state index < -0.39 is 8.32 Å². The Hall–Kier alpha value is -0.643. The van der Waals surface area contributed by atoms with Gasteiger partial charge >= 0.3 is 0 Å². The first-order valence-electron chi connectivity index (χ1n) is 8.27. The first-order chi connectivity index (χ1) is 10.0. The summed E-state index contributed by atoms with van der Waals surface area (Å²) in [6.07, 6.45) is 8.86. The van der Waals surface area contributed by atoms with Crippen molar-refractivity contribution in [3.8, 4) is 0 Å². The van der Waals surface area contributed by atoms with Crippen LogP contribution >= 0.6 is 0 Å². The van der Waals surface area contributed by atoms with Crippen molar-refractivity contribution >= 4 is 8.32 Å². The summed E-state index contributed by atoms with van der Waals surface area (Å²) in [5.74, 6) is 0. The Morgan fingerprint density at radius 3 is 2.23 bits per heavy atom. The van der Waals surface area contributed by atoms with Gasteiger partial charge in [-0.2, -0.15) is 0 Å². The molecule has 0 amide bonds. The Kier molecular flexibility index (Phi) is 9.21. The van der Waals surface area contributed by atoms with E-state index in [0.717, 1.165) is 19.3 Å². The van der Waals surface area contributed by atoms with Gasteiger partial charge in [-0.15, -0.1) is 6.58 Å². The zero-order valence-corrected chi connectivity index (χ0v) is 16.7. The van der Waals surface area contributed by atoms with E-state index in [0.29, 0.717) is 0 Å². The van der Waals surface area contributed by atoms with Crippen LogP contribution in [0.2, 0.25) is 18.1 Å². The minimum atomic E-state index is -1.80. The van der Waals surface area contributed by atoms with E-state index in [1.807, 2.05) is 6.08 Å². The van der Waals surface area contributed by atoms with Gasteiger partial charge in [0.15, 0.2) is 8.32 Å². The third kappa shape index (κ3) is 8.11. The Balaban J connectivity index is 5.02. The summed E-state index contributed by atoms with van der Waals surface area (Å²) in [6.45, 7) is 19.7. The SMILES string of the molecule is C=CC(C/C(=C/C=C(C)C)CCCO)O[Si](C)(C)C(C)(C)C. The fourth-order valence-electron chi connectivity index (χ4n) is 1.83. The van der Waals surface area contributed by atoms with Crippen molar-refractivity contribution in [1.82, 2.24) is 0 Å². The maximum Gasteiger partial charge on any atom is 0.192 e. The van der Waals surface area contributed by atoms with Crippen LogP contribution in [0.4, 0.5) is 0 Å². The van der Waals surface area contributed by atoms with Crippen molar-refractivity contribution in [1.29, 1.82) is 0 Å². The zero-order chi connectivity index (χ0) is 17.4. The van der Waals surface area contributed by atoms with Gasteiger partial charge in [-0.05, 0) is 51.2 Å². The van der Waals surface area contributed by atoms with Crippen molar-refractivity contribution in [2.45, 2.75) is 78.1 Å². The summed E-state index contributed by atoms with van der Waals surface area (Å²) in [7, 11) is -1.80. The highest BCUT2D eigenvalue weighted by Gasteiger charge is 2.38. The lowest BCUT2D eigenvalue weighted by molar-refractivity contribution is 0.222. The van der Waals surface area contributed by atoms with Crippen LogP contribution in [-0.4, -0.2) is 26.1 Å². The van der Waals surface area contributed by atoms with E-state index >= 15 is 0 Å². The minimum absolute atomic E-state index is 0.0522. The second-order valence-electron chi connectivity index (χ2n) is 7.75. The molecule has 0 radical (unpaired) electrons. The molecule has 0 aromatic heterocycles. The van der Waals surface area contributed by atoms with E-state index in [9.17, 15) is 0 Å². The average molecular weight is 325 g/mol. The molecule has 0 heterocycles. The Bertz CT molecular complexity index is 396. The number of allylic oxidation sites excluding steroid dienone is 3. The van der Waals surface area contributed by atoms with Crippen LogP contribution in [0.25, 0.3) is 0 Å². The lowest BCUT2D eigenvalue weighted by atomic mass is 10.0. The van der Waals surface area contributed by atoms with E-state index in [4.69, 9.17) is 9.53 Å². The molecule has 3 heteroatoms. The summed E-state index contributed by atoms with van der Waals surface area (Å²) in [6, 6.07) is 0. The summed E-state index contributed by atoms with van der Waals surface area (Å²) in [5.41, 5.74) is 2.60. The highest BCUT2D eigenvalue weighted by molar-refractivity contribution is 6.74. The summed E-state index contributed by atoms with van der Waals surface area (Å²) in [4.78, 5) is 0. The molecule has 0 saturated carbocycles. The van der Waals surface area contributed by atoms with Gasteiger partial charge in [0.2, 0.25) is 0 Å². The van der Waals surface area contributed by atoms with E-state index in [-0.39, 0.29) is 17.7 Å². The third-order valence-corrected chi connectivity index (χ3v) is 8.79. The van der Waals surface area contributed by atoms with Crippen LogP contribution in [0.3, 0.4) is 0 Å². The fraction of sp³-hybridized carbons (Fsp3) is 0.684. The van der Waals surface area contributed by atoms with Crippen molar-refractivity contribution < 1.29 is 9.53 Å². The molecule has 2 nitrogen and oxygen atoms in total. The average Bonchev–Trinajstić information content (AvgIpc) is 2.38. The van der Waals surface area contributed by atoms with Crippen molar-refractivity contribution in [2.24, 2.45) is 0 Å². The second-order valence-corrected chi connectivity index (χ2v) is 12.5. The molecule has 1 unspecified atom stereocenters. The third-order valence-electron chi connectivity index (χ3n) is 4.29. The van der Waals surface area contributed by atoms with Gasteiger partial charge in [0.05, 0.1) is 6.10 Å². The van der Waals surface area contributed by atoms with Gasteiger partial charge in [0.25, 0.3) is 0 Å². The Morgan fingerprint density at radius 1 is 1.23 bits per heavy atom. The summed E-state index contributed by atoms with van der Waals surface area (Å²) >= 11 is 0. The highest BCUT2D eigenvalue weighted by atomic mass is 28.4.